The predicted molar refractivity (Wildman–Crippen MR) is 94.6 cm³/mol. The summed E-state index contributed by atoms with van der Waals surface area (Å²) in [6, 6.07) is 6.61. The number of amides is 1. The van der Waals surface area contributed by atoms with E-state index in [-0.39, 0.29) is 29.5 Å². The molecule has 2 fully saturated rings. The van der Waals surface area contributed by atoms with E-state index in [1.165, 1.54) is 12.1 Å². The van der Waals surface area contributed by atoms with Crippen LogP contribution in [-0.4, -0.2) is 32.0 Å². The number of benzene rings is 1. The van der Waals surface area contributed by atoms with E-state index in [0.717, 1.165) is 25.1 Å². The number of rotatable bonds is 5. The van der Waals surface area contributed by atoms with Crippen LogP contribution in [0.4, 0.5) is 13.2 Å². The maximum Gasteiger partial charge on any atom is 0.241 e. The van der Waals surface area contributed by atoms with Gasteiger partial charge in [-0.15, -0.1) is 0 Å². The predicted octanol–water partition coefficient (Wildman–Crippen LogP) is 3.71. The Bertz CT molecular complexity index is 585. The number of hydrogen-bond acceptors (Lipinski definition) is 2. The smallest absolute Gasteiger partial charge is 0.241 e. The highest BCUT2D eigenvalue weighted by Crippen LogP contribution is 2.33. The van der Waals surface area contributed by atoms with Gasteiger partial charge in [-0.2, -0.15) is 0 Å². The minimum atomic E-state index is -2.27. The molecule has 6 heteroatoms. The van der Waals surface area contributed by atoms with Crippen molar-refractivity contribution in [3.63, 3.8) is 0 Å². The molecule has 0 radical (unpaired) electrons. The molecule has 3 rings (SSSR count). The molecule has 0 aromatic heterocycles. The van der Waals surface area contributed by atoms with Gasteiger partial charge in [0, 0.05) is 24.9 Å². The lowest BCUT2D eigenvalue weighted by Gasteiger charge is -2.33. The molecule has 144 valence electrons. The third kappa shape index (κ3) is 4.78. The standard InChI is InChI=1S/C20H27F3N2O/c21-17-7-5-13(6-8-17)18-9-10-24-11-16(18)12-25-20(26)15-3-1-14(2-4-15)19(22)23/h5-8,14-16,18-19,24H,1-4,9-12H2,(H,25,26)/t14?,15?,16-,18+/m0/s1. The summed E-state index contributed by atoms with van der Waals surface area (Å²) in [5.74, 6) is -0.425. The second-order valence-electron chi connectivity index (χ2n) is 7.60. The molecule has 1 saturated carbocycles. The van der Waals surface area contributed by atoms with Gasteiger partial charge in [-0.25, -0.2) is 13.2 Å². The number of alkyl halides is 2. The van der Waals surface area contributed by atoms with Crippen molar-refractivity contribution in [1.29, 1.82) is 0 Å². The van der Waals surface area contributed by atoms with Gasteiger partial charge >= 0.3 is 0 Å². The second-order valence-corrected chi connectivity index (χ2v) is 7.60. The van der Waals surface area contributed by atoms with Crippen LogP contribution in [0, 0.1) is 23.6 Å². The third-order valence-corrected chi connectivity index (χ3v) is 5.94. The molecule has 0 spiro atoms. The number of halogens is 3. The summed E-state index contributed by atoms with van der Waals surface area (Å²) in [5.41, 5.74) is 1.10. The third-order valence-electron chi connectivity index (χ3n) is 5.94. The molecule has 1 aromatic rings. The van der Waals surface area contributed by atoms with E-state index in [0.29, 0.717) is 32.2 Å². The highest BCUT2D eigenvalue weighted by molar-refractivity contribution is 5.78. The molecule has 1 heterocycles. The zero-order chi connectivity index (χ0) is 18.5. The molecule has 1 aliphatic heterocycles. The van der Waals surface area contributed by atoms with Gasteiger partial charge in [-0.1, -0.05) is 12.1 Å². The molecule has 26 heavy (non-hydrogen) atoms. The van der Waals surface area contributed by atoms with Crippen LogP contribution in [0.1, 0.15) is 43.6 Å². The fourth-order valence-corrected chi connectivity index (χ4v) is 4.30. The molecule has 1 saturated heterocycles. The average Bonchev–Trinajstić information content (AvgIpc) is 2.67. The monoisotopic (exact) mass is 368 g/mol. The molecule has 0 bridgehead atoms. The fraction of sp³-hybridized carbons (Fsp3) is 0.650. The molecule has 0 unspecified atom stereocenters. The van der Waals surface area contributed by atoms with Crippen LogP contribution in [-0.2, 0) is 4.79 Å². The van der Waals surface area contributed by atoms with Gasteiger partial charge in [0.25, 0.3) is 0 Å². The van der Waals surface area contributed by atoms with Crippen molar-refractivity contribution in [2.24, 2.45) is 17.8 Å². The molecular formula is C20H27F3N2O. The van der Waals surface area contributed by atoms with Gasteiger partial charge in [0.05, 0.1) is 0 Å². The van der Waals surface area contributed by atoms with Crippen molar-refractivity contribution in [3.05, 3.63) is 35.6 Å². The largest absolute Gasteiger partial charge is 0.356 e. The zero-order valence-electron chi connectivity index (χ0n) is 14.9. The summed E-state index contributed by atoms with van der Waals surface area (Å²) in [6.45, 7) is 2.27. The zero-order valence-corrected chi connectivity index (χ0v) is 14.9. The number of carbonyl (C=O) groups is 1. The van der Waals surface area contributed by atoms with Crippen molar-refractivity contribution in [2.45, 2.75) is 44.4 Å². The highest BCUT2D eigenvalue weighted by Gasteiger charge is 2.32. The minimum absolute atomic E-state index is 0.0128. The lowest BCUT2D eigenvalue weighted by atomic mass is 9.80. The quantitative estimate of drug-likeness (QED) is 0.832. The van der Waals surface area contributed by atoms with Crippen LogP contribution in [0.2, 0.25) is 0 Å². The first-order chi connectivity index (χ1) is 12.5. The maximum atomic E-state index is 13.2. The normalized spacial score (nSPS) is 29.5. The van der Waals surface area contributed by atoms with E-state index in [4.69, 9.17) is 0 Å². The molecule has 2 atom stereocenters. The van der Waals surface area contributed by atoms with E-state index in [2.05, 4.69) is 10.6 Å². The van der Waals surface area contributed by atoms with E-state index in [1.54, 1.807) is 0 Å². The van der Waals surface area contributed by atoms with E-state index >= 15 is 0 Å². The number of piperidine rings is 1. The maximum absolute atomic E-state index is 13.2. The topological polar surface area (TPSA) is 41.1 Å². The van der Waals surface area contributed by atoms with Gasteiger partial charge in [-0.05, 0) is 68.2 Å². The van der Waals surface area contributed by atoms with Crippen molar-refractivity contribution in [3.8, 4) is 0 Å². The van der Waals surface area contributed by atoms with E-state index in [1.807, 2.05) is 12.1 Å². The van der Waals surface area contributed by atoms with Crippen molar-refractivity contribution in [2.75, 3.05) is 19.6 Å². The minimum Gasteiger partial charge on any atom is -0.356 e. The van der Waals surface area contributed by atoms with Crippen LogP contribution >= 0.6 is 0 Å². The summed E-state index contributed by atoms with van der Waals surface area (Å²) < 4.78 is 38.6. The first-order valence-electron chi connectivity index (χ1n) is 9.56. The molecule has 2 aliphatic rings. The lowest BCUT2D eigenvalue weighted by Crippen LogP contribution is -2.44. The van der Waals surface area contributed by atoms with Gasteiger partial charge in [0.2, 0.25) is 12.3 Å². The second kappa shape index (κ2) is 8.89. The Balaban J connectivity index is 1.52. The molecule has 2 N–H and O–H groups in total. The first-order valence-corrected chi connectivity index (χ1v) is 9.56. The van der Waals surface area contributed by atoms with Crippen LogP contribution < -0.4 is 10.6 Å². The Labute approximate surface area is 152 Å². The van der Waals surface area contributed by atoms with Gasteiger partial charge < -0.3 is 10.6 Å². The highest BCUT2D eigenvalue weighted by atomic mass is 19.3. The Morgan fingerprint density at radius 2 is 1.81 bits per heavy atom. The molecule has 1 aliphatic carbocycles. The van der Waals surface area contributed by atoms with Gasteiger partial charge in [-0.3, -0.25) is 4.79 Å². The van der Waals surface area contributed by atoms with Gasteiger partial charge in [0.1, 0.15) is 5.82 Å². The summed E-state index contributed by atoms with van der Waals surface area (Å²) in [5, 5.41) is 6.40. The molecular weight excluding hydrogens is 341 g/mol. The van der Waals surface area contributed by atoms with Crippen LogP contribution in [0.15, 0.2) is 24.3 Å². The van der Waals surface area contributed by atoms with Crippen molar-refractivity contribution in [1.82, 2.24) is 10.6 Å². The number of nitrogens with one attached hydrogen (secondary N) is 2. The van der Waals surface area contributed by atoms with Crippen LogP contribution in [0.5, 0.6) is 0 Å². The van der Waals surface area contributed by atoms with Crippen LogP contribution in [0.3, 0.4) is 0 Å². The SMILES string of the molecule is O=C(NC[C@@H]1CNCC[C@@H]1c1ccc(F)cc1)C1CCC(C(F)F)CC1. The fourth-order valence-electron chi connectivity index (χ4n) is 4.30. The van der Waals surface area contributed by atoms with E-state index < -0.39 is 12.3 Å². The summed E-state index contributed by atoms with van der Waals surface area (Å²) in [4.78, 5) is 12.4. The summed E-state index contributed by atoms with van der Waals surface area (Å²) in [7, 11) is 0. The van der Waals surface area contributed by atoms with Crippen molar-refractivity contribution >= 4 is 5.91 Å². The average molecular weight is 368 g/mol. The summed E-state index contributed by atoms with van der Waals surface area (Å²) in [6.07, 6.45) is 0.628. The Morgan fingerprint density at radius 3 is 2.46 bits per heavy atom. The number of hydrogen-bond donors (Lipinski definition) is 2. The molecule has 3 nitrogen and oxygen atoms in total. The van der Waals surface area contributed by atoms with E-state index in [9.17, 15) is 18.0 Å². The number of carbonyl (C=O) groups excluding carboxylic acids is 1. The summed E-state index contributed by atoms with van der Waals surface area (Å²) >= 11 is 0. The first kappa shape index (κ1) is 19.2. The van der Waals surface area contributed by atoms with Gasteiger partial charge in [0.15, 0.2) is 0 Å². The molecule has 1 amide bonds. The Hall–Kier alpha value is -1.56. The van der Waals surface area contributed by atoms with Crippen molar-refractivity contribution < 1.29 is 18.0 Å². The Kier molecular flexibility index (Phi) is 6.57. The lowest BCUT2D eigenvalue weighted by molar-refractivity contribution is -0.127. The molecule has 1 aromatic carbocycles. The van der Waals surface area contributed by atoms with Crippen LogP contribution in [0.25, 0.3) is 0 Å². The Morgan fingerprint density at radius 1 is 1.12 bits per heavy atom.